The molecule has 0 aliphatic rings. The number of hydrogen-bond acceptors (Lipinski definition) is 2. The van der Waals surface area contributed by atoms with Gasteiger partial charge in [-0.2, -0.15) is 0 Å². The summed E-state index contributed by atoms with van der Waals surface area (Å²) in [5, 5.41) is 2.15. The lowest BCUT2D eigenvalue weighted by Crippen LogP contribution is -2.05. The molecule has 0 fully saturated rings. The van der Waals surface area contributed by atoms with Crippen molar-refractivity contribution in [2.75, 3.05) is 7.11 Å². The van der Waals surface area contributed by atoms with Crippen molar-refractivity contribution < 1.29 is 9.53 Å². The number of fused-ring (bicyclic) bond motifs is 1. The zero-order chi connectivity index (χ0) is 18.6. The number of hydrogen-bond donors (Lipinski definition) is 0. The molecule has 0 N–H and O–H groups in total. The first-order valence-electron chi connectivity index (χ1n) is 8.73. The van der Waals surface area contributed by atoms with Crippen LogP contribution in [0.5, 0.6) is 0 Å². The summed E-state index contributed by atoms with van der Waals surface area (Å²) in [6.07, 6.45) is 0. The monoisotopic (exact) mass is 371 g/mol. The summed E-state index contributed by atoms with van der Waals surface area (Å²) in [5.41, 5.74) is 0.572. The Hall–Kier alpha value is -3.04. The molecule has 2 nitrogen and oxygen atoms in total. The predicted octanol–water partition coefficient (Wildman–Crippen LogP) is 5.72. The van der Waals surface area contributed by atoms with Gasteiger partial charge in [-0.15, -0.1) is 0 Å². The maximum absolute atomic E-state index is 11.8. The SMILES string of the molecule is COC(=O)c1ccc2cc([S+](c3ccccc3)c3ccccc3)ccc2c1. The van der Waals surface area contributed by atoms with Crippen molar-refractivity contribution in [3.63, 3.8) is 0 Å². The Morgan fingerprint density at radius 2 is 1.22 bits per heavy atom. The Kier molecular flexibility index (Phi) is 4.95. The van der Waals surface area contributed by atoms with E-state index in [2.05, 4.69) is 66.7 Å². The number of carbonyl (C=O) groups excluding carboxylic acids is 1. The molecule has 0 bridgehead atoms. The molecule has 0 heterocycles. The summed E-state index contributed by atoms with van der Waals surface area (Å²) < 4.78 is 4.83. The zero-order valence-corrected chi connectivity index (χ0v) is 15.8. The van der Waals surface area contributed by atoms with Gasteiger partial charge in [0.05, 0.1) is 23.6 Å². The van der Waals surface area contributed by atoms with Gasteiger partial charge in [0.1, 0.15) is 0 Å². The minimum absolute atomic E-state index is 0.178. The van der Waals surface area contributed by atoms with Crippen LogP contribution in [0.4, 0.5) is 0 Å². The Bertz CT molecular complexity index is 1040. The van der Waals surface area contributed by atoms with Crippen molar-refractivity contribution in [3.05, 3.63) is 103 Å². The molecule has 0 amide bonds. The van der Waals surface area contributed by atoms with Crippen LogP contribution in [0.15, 0.2) is 112 Å². The van der Waals surface area contributed by atoms with Crippen LogP contribution in [0.3, 0.4) is 0 Å². The normalized spacial score (nSPS) is 10.9. The lowest BCUT2D eigenvalue weighted by molar-refractivity contribution is 0.0601. The fourth-order valence-corrected chi connectivity index (χ4v) is 5.24. The van der Waals surface area contributed by atoms with Gasteiger partial charge in [0.15, 0.2) is 14.7 Å². The summed E-state index contributed by atoms with van der Waals surface area (Å²) in [6, 6.07) is 33.3. The van der Waals surface area contributed by atoms with E-state index in [-0.39, 0.29) is 16.9 Å². The molecule has 4 aromatic rings. The molecule has 4 rings (SSSR count). The smallest absolute Gasteiger partial charge is 0.337 e. The Balaban J connectivity index is 1.83. The van der Waals surface area contributed by atoms with Gasteiger partial charge in [-0.1, -0.05) is 42.5 Å². The third-order valence-corrected chi connectivity index (χ3v) is 6.64. The van der Waals surface area contributed by atoms with Crippen LogP contribution < -0.4 is 0 Å². The number of esters is 1. The quantitative estimate of drug-likeness (QED) is 0.339. The Morgan fingerprint density at radius 3 is 1.81 bits per heavy atom. The molecule has 0 aliphatic heterocycles. The van der Waals surface area contributed by atoms with Gasteiger partial charge in [-0.05, 0) is 59.3 Å². The molecule has 27 heavy (non-hydrogen) atoms. The van der Waals surface area contributed by atoms with E-state index in [0.717, 1.165) is 10.8 Å². The zero-order valence-electron chi connectivity index (χ0n) is 15.0. The topological polar surface area (TPSA) is 26.3 Å². The molecule has 0 atom stereocenters. The minimum Gasteiger partial charge on any atom is -0.465 e. The number of rotatable bonds is 4. The molecule has 3 heteroatoms. The predicted molar refractivity (Wildman–Crippen MR) is 110 cm³/mol. The second-order valence-corrected chi connectivity index (χ2v) is 8.17. The molecule has 0 saturated heterocycles. The number of benzene rings is 4. The average molecular weight is 371 g/mol. The van der Waals surface area contributed by atoms with Gasteiger partial charge >= 0.3 is 5.97 Å². The summed E-state index contributed by atoms with van der Waals surface area (Å²) in [6.45, 7) is 0. The molecule has 132 valence electrons. The average Bonchev–Trinajstić information content (AvgIpc) is 2.74. The first kappa shape index (κ1) is 17.4. The van der Waals surface area contributed by atoms with E-state index in [0.29, 0.717) is 5.56 Å². The van der Waals surface area contributed by atoms with Gasteiger partial charge in [0.2, 0.25) is 0 Å². The molecule has 0 radical (unpaired) electrons. The van der Waals surface area contributed by atoms with Crippen molar-refractivity contribution in [2.45, 2.75) is 14.7 Å². The molecule has 0 unspecified atom stereocenters. The van der Waals surface area contributed by atoms with E-state index in [1.807, 2.05) is 30.3 Å². The van der Waals surface area contributed by atoms with Crippen molar-refractivity contribution in [3.8, 4) is 0 Å². The van der Waals surface area contributed by atoms with Crippen molar-refractivity contribution in [2.24, 2.45) is 0 Å². The first-order valence-corrected chi connectivity index (χ1v) is 9.95. The van der Waals surface area contributed by atoms with E-state index >= 15 is 0 Å². The van der Waals surface area contributed by atoms with Crippen molar-refractivity contribution in [1.29, 1.82) is 0 Å². The highest BCUT2D eigenvalue weighted by atomic mass is 32.2. The van der Waals surface area contributed by atoms with E-state index < -0.39 is 0 Å². The molecule has 0 aliphatic carbocycles. The van der Waals surface area contributed by atoms with E-state index in [1.165, 1.54) is 21.8 Å². The van der Waals surface area contributed by atoms with E-state index in [4.69, 9.17) is 4.74 Å². The van der Waals surface area contributed by atoms with Crippen LogP contribution in [0, 0.1) is 0 Å². The molecular formula is C24H19O2S+. The Labute approximate surface area is 161 Å². The van der Waals surface area contributed by atoms with Gasteiger partial charge in [0.25, 0.3) is 0 Å². The third kappa shape index (κ3) is 3.60. The summed E-state index contributed by atoms with van der Waals surface area (Å²) in [4.78, 5) is 15.6. The van der Waals surface area contributed by atoms with Crippen molar-refractivity contribution >= 4 is 27.6 Å². The highest BCUT2D eigenvalue weighted by Crippen LogP contribution is 2.32. The molecular weight excluding hydrogens is 352 g/mol. The first-order chi connectivity index (χ1) is 13.3. The fourth-order valence-electron chi connectivity index (χ4n) is 3.12. The van der Waals surface area contributed by atoms with Gasteiger partial charge in [-0.25, -0.2) is 4.79 Å². The molecule has 0 aromatic heterocycles. The lowest BCUT2D eigenvalue weighted by atomic mass is 10.1. The second-order valence-electron chi connectivity index (χ2n) is 6.15. The van der Waals surface area contributed by atoms with Crippen LogP contribution in [0.1, 0.15) is 10.4 Å². The van der Waals surface area contributed by atoms with Gasteiger partial charge < -0.3 is 4.74 Å². The van der Waals surface area contributed by atoms with Crippen molar-refractivity contribution in [1.82, 2.24) is 0 Å². The number of methoxy groups -OCH3 is 1. The summed E-state index contributed by atoms with van der Waals surface area (Å²) in [7, 11) is 1.23. The highest BCUT2D eigenvalue weighted by Gasteiger charge is 2.28. The van der Waals surface area contributed by atoms with Crippen LogP contribution in [0.25, 0.3) is 10.8 Å². The summed E-state index contributed by atoms with van der Waals surface area (Å²) in [5.74, 6) is -0.311. The van der Waals surface area contributed by atoms with Crippen LogP contribution in [-0.4, -0.2) is 13.1 Å². The van der Waals surface area contributed by atoms with E-state index in [1.54, 1.807) is 0 Å². The minimum atomic E-state index is -0.311. The second kappa shape index (κ2) is 7.68. The number of carbonyl (C=O) groups is 1. The van der Waals surface area contributed by atoms with Crippen LogP contribution >= 0.6 is 0 Å². The van der Waals surface area contributed by atoms with Crippen LogP contribution in [0.2, 0.25) is 0 Å². The van der Waals surface area contributed by atoms with Gasteiger partial charge in [-0.3, -0.25) is 0 Å². The number of ether oxygens (including phenoxy) is 1. The van der Waals surface area contributed by atoms with E-state index in [9.17, 15) is 4.79 Å². The highest BCUT2D eigenvalue weighted by molar-refractivity contribution is 7.97. The fraction of sp³-hybridized carbons (Fsp3) is 0.0417. The standard InChI is InChI=1S/C24H19O2S/c1-26-24(25)20-13-12-19-17-23(15-14-18(19)16-20)27(21-8-4-2-5-9-21)22-10-6-3-7-11-22/h2-17H,1H3/q+1. The Morgan fingerprint density at radius 1 is 0.667 bits per heavy atom. The third-order valence-electron chi connectivity index (χ3n) is 4.43. The largest absolute Gasteiger partial charge is 0.465 e. The maximum atomic E-state index is 11.8. The van der Waals surface area contributed by atoms with Crippen LogP contribution in [-0.2, 0) is 15.6 Å². The van der Waals surface area contributed by atoms with Gasteiger partial charge in [0, 0.05) is 6.07 Å². The maximum Gasteiger partial charge on any atom is 0.337 e. The molecule has 4 aromatic carbocycles. The molecule has 0 saturated carbocycles. The summed E-state index contributed by atoms with van der Waals surface area (Å²) >= 11 is 0. The lowest BCUT2D eigenvalue weighted by Gasteiger charge is -2.09. The molecule has 0 spiro atoms.